The highest BCUT2D eigenvalue weighted by Crippen LogP contribution is 2.30. The second-order valence-electron chi connectivity index (χ2n) is 5.98. The fourth-order valence-electron chi connectivity index (χ4n) is 2.36. The Balaban J connectivity index is 1.46. The summed E-state index contributed by atoms with van der Waals surface area (Å²) in [5, 5.41) is 6.34. The monoisotopic (exact) mass is 436 g/mol. The zero-order chi connectivity index (χ0) is 19.2. The first-order valence-corrected chi connectivity index (χ1v) is 11.0. The third kappa shape index (κ3) is 5.98. The highest BCUT2D eigenvalue weighted by Gasteiger charge is 2.09. The molecule has 1 amide bonds. The molecule has 0 aliphatic carbocycles. The van der Waals surface area contributed by atoms with Crippen LogP contribution >= 0.6 is 46.3 Å². The lowest BCUT2D eigenvalue weighted by atomic mass is 10.2. The highest BCUT2D eigenvalue weighted by atomic mass is 35.5. The molecule has 0 fully saturated rings. The van der Waals surface area contributed by atoms with Crippen LogP contribution < -0.4 is 5.32 Å². The van der Waals surface area contributed by atoms with Gasteiger partial charge in [-0.3, -0.25) is 4.79 Å². The number of rotatable bonds is 7. The third-order valence-corrected chi connectivity index (χ3v) is 6.40. The number of hydrogen-bond donors (Lipinski definition) is 1. The second-order valence-corrected chi connectivity index (χ2v) is 8.82. The average molecular weight is 437 g/mol. The number of thiazole rings is 1. The molecule has 140 valence electrons. The predicted octanol–water partition coefficient (Wildman–Crippen LogP) is 6.94. The van der Waals surface area contributed by atoms with Gasteiger partial charge in [-0.2, -0.15) is 0 Å². The van der Waals surface area contributed by atoms with Gasteiger partial charge in [0.05, 0.1) is 15.7 Å². The summed E-state index contributed by atoms with van der Waals surface area (Å²) in [5.41, 5.74) is 2.89. The molecule has 0 saturated carbocycles. The molecule has 0 spiro atoms. The van der Waals surface area contributed by atoms with Crippen LogP contribution in [0.5, 0.6) is 0 Å². The van der Waals surface area contributed by atoms with Crippen LogP contribution in [-0.2, 0) is 4.79 Å². The summed E-state index contributed by atoms with van der Waals surface area (Å²) in [6.07, 6.45) is 1.29. The first-order chi connectivity index (χ1) is 13.0. The van der Waals surface area contributed by atoms with Crippen LogP contribution in [0.1, 0.15) is 18.4 Å². The number of amides is 1. The zero-order valence-corrected chi connectivity index (χ0v) is 17.8. The molecule has 0 atom stereocenters. The minimum Gasteiger partial charge on any atom is -0.302 e. The van der Waals surface area contributed by atoms with Gasteiger partial charge in [0.2, 0.25) is 5.91 Å². The summed E-state index contributed by atoms with van der Waals surface area (Å²) in [7, 11) is 0. The summed E-state index contributed by atoms with van der Waals surface area (Å²) in [6.45, 7) is 2.07. The molecule has 0 bridgehead atoms. The number of carbonyl (C=O) groups is 1. The molecular formula is C20H18Cl2N2OS2. The van der Waals surface area contributed by atoms with Crippen LogP contribution in [0.25, 0.3) is 11.3 Å². The zero-order valence-electron chi connectivity index (χ0n) is 14.7. The number of halogens is 2. The predicted molar refractivity (Wildman–Crippen MR) is 117 cm³/mol. The summed E-state index contributed by atoms with van der Waals surface area (Å²) >= 11 is 15.2. The smallest absolute Gasteiger partial charge is 0.226 e. The molecule has 3 rings (SSSR count). The largest absolute Gasteiger partial charge is 0.302 e. The van der Waals surface area contributed by atoms with Crippen LogP contribution in [0.4, 0.5) is 5.13 Å². The van der Waals surface area contributed by atoms with E-state index in [9.17, 15) is 4.79 Å². The minimum absolute atomic E-state index is 0.0189. The Hall–Kier alpha value is -1.53. The van der Waals surface area contributed by atoms with Crippen LogP contribution in [-0.4, -0.2) is 16.6 Å². The van der Waals surface area contributed by atoms with Gasteiger partial charge in [0, 0.05) is 22.3 Å². The number of aromatic nitrogens is 1. The Labute approximate surface area is 177 Å². The van der Waals surface area contributed by atoms with Crippen LogP contribution in [0, 0.1) is 6.92 Å². The number of benzene rings is 2. The third-order valence-electron chi connectivity index (χ3n) is 3.80. The summed E-state index contributed by atoms with van der Waals surface area (Å²) in [5.74, 6) is 0.887. The standard InChI is InChI=1S/C20H18Cl2N2OS2/c1-13-4-7-15(8-5-13)26-10-2-3-19(25)24-20-23-18(12-27-20)14-6-9-16(21)17(22)11-14/h4-9,11-12H,2-3,10H2,1H3,(H,23,24,25). The molecule has 3 aromatic rings. The fourth-order valence-corrected chi connectivity index (χ4v) is 4.25. The molecular weight excluding hydrogens is 419 g/mol. The maximum atomic E-state index is 12.1. The molecule has 3 nitrogen and oxygen atoms in total. The Bertz CT molecular complexity index is 926. The second kappa shape index (κ2) is 9.60. The number of anilines is 1. The highest BCUT2D eigenvalue weighted by molar-refractivity contribution is 7.99. The topological polar surface area (TPSA) is 42.0 Å². The Kier molecular flexibility index (Phi) is 7.19. The van der Waals surface area contributed by atoms with Gasteiger partial charge in [0.1, 0.15) is 0 Å². The van der Waals surface area contributed by atoms with E-state index in [1.54, 1.807) is 23.9 Å². The van der Waals surface area contributed by atoms with E-state index in [-0.39, 0.29) is 5.91 Å². The van der Waals surface area contributed by atoms with Gasteiger partial charge >= 0.3 is 0 Å². The van der Waals surface area contributed by atoms with E-state index in [0.717, 1.165) is 23.4 Å². The molecule has 0 unspecified atom stereocenters. The summed E-state index contributed by atoms with van der Waals surface area (Å²) < 4.78 is 0. The van der Waals surface area contributed by atoms with Crippen LogP contribution in [0.2, 0.25) is 10.0 Å². The number of nitrogens with zero attached hydrogens (tertiary/aromatic N) is 1. The molecule has 0 aliphatic heterocycles. The molecule has 0 radical (unpaired) electrons. The van der Waals surface area contributed by atoms with Gasteiger partial charge in [-0.25, -0.2) is 4.98 Å². The van der Waals surface area contributed by atoms with Crippen molar-refractivity contribution in [3.8, 4) is 11.3 Å². The molecule has 0 aliphatic rings. The number of carbonyl (C=O) groups excluding carboxylic acids is 1. The van der Waals surface area contributed by atoms with E-state index in [4.69, 9.17) is 23.2 Å². The number of nitrogens with one attached hydrogen (secondary N) is 1. The lowest BCUT2D eigenvalue weighted by Crippen LogP contribution is -2.11. The van der Waals surface area contributed by atoms with Crippen LogP contribution in [0.15, 0.2) is 52.7 Å². The van der Waals surface area contributed by atoms with Gasteiger partial charge in [-0.05, 0) is 43.4 Å². The van der Waals surface area contributed by atoms with Crippen molar-refractivity contribution in [3.05, 3.63) is 63.5 Å². The Morgan fingerprint density at radius 1 is 1.15 bits per heavy atom. The molecule has 1 N–H and O–H groups in total. The van der Waals surface area contributed by atoms with E-state index < -0.39 is 0 Å². The van der Waals surface area contributed by atoms with Crippen LogP contribution in [0.3, 0.4) is 0 Å². The van der Waals surface area contributed by atoms with Crippen molar-refractivity contribution in [2.45, 2.75) is 24.7 Å². The van der Waals surface area contributed by atoms with E-state index in [2.05, 4.69) is 41.5 Å². The Morgan fingerprint density at radius 3 is 2.67 bits per heavy atom. The normalized spacial score (nSPS) is 10.8. The molecule has 7 heteroatoms. The van der Waals surface area contributed by atoms with E-state index in [1.807, 2.05) is 11.4 Å². The van der Waals surface area contributed by atoms with E-state index >= 15 is 0 Å². The SMILES string of the molecule is Cc1ccc(SCCCC(=O)Nc2nc(-c3ccc(Cl)c(Cl)c3)cs2)cc1. The quantitative estimate of drug-likeness (QED) is 0.322. The minimum atomic E-state index is -0.0189. The van der Waals surface area contributed by atoms with Gasteiger partial charge in [0.25, 0.3) is 0 Å². The fraction of sp³-hybridized carbons (Fsp3) is 0.200. The number of thioether (sulfide) groups is 1. The van der Waals surface area contributed by atoms with Crippen molar-refractivity contribution in [3.63, 3.8) is 0 Å². The lowest BCUT2D eigenvalue weighted by molar-refractivity contribution is -0.116. The van der Waals surface area contributed by atoms with Gasteiger partial charge in [0.15, 0.2) is 5.13 Å². The maximum Gasteiger partial charge on any atom is 0.226 e. The maximum absolute atomic E-state index is 12.1. The van der Waals surface area contributed by atoms with Crippen molar-refractivity contribution in [1.29, 1.82) is 0 Å². The summed E-state index contributed by atoms with van der Waals surface area (Å²) in [6, 6.07) is 13.8. The molecule has 2 aromatic carbocycles. The Morgan fingerprint density at radius 2 is 1.93 bits per heavy atom. The summed E-state index contributed by atoms with van der Waals surface area (Å²) in [4.78, 5) is 17.8. The van der Waals surface area contributed by atoms with Gasteiger partial charge in [-0.1, -0.05) is 47.0 Å². The molecule has 27 heavy (non-hydrogen) atoms. The van der Waals surface area contributed by atoms with Crippen molar-refractivity contribution >= 4 is 57.3 Å². The number of hydrogen-bond acceptors (Lipinski definition) is 4. The van der Waals surface area contributed by atoms with Crippen molar-refractivity contribution in [2.24, 2.45) is 0 Å². The van der Waals surface area contributed by atoms with E-state index in [0.29, 0.717) is 21.6 Å². The van der Waals surface area contributed by atoms with Crippen molar-refractivity contribution < 1.29 is 4.79 Å². The first-order valence-electron chi connectivity index (χ1n) is 8.41. The lowest BCUT2D eigenvalue weighted by Gasteiger charge is -2.03. The van der Waals surface area contributed by atoms with Gasteiger partial charge < -0.3 is 5.32 Å². The first kappa shape index (κ1) is 20.2. The number of aryl methyl sites for hydroxylation is 1. The van der Waals surface area contributed by atoms with E-state index in [1.165, 1.54) is 21.8 Å². The molecule has 0 saturated heterocycles. The molecule has 1 heterocycles. The van der Waals surface area contributed by atoms with Crippen molar-refractivity contribution in [2.75, 3.05) is 11.1 Å². The van der Waals surface area contributed by atoms with Gasteiger partial charge in [-0.15, -0.1) is 23.1 Å². The van der Waals surface area contributed by atoms with Crippen molar-refractivity contribution in [1.82, 2.24) is 4.98 Å². The average Bonchev–Trinajstić information content (AvgIpc) is 3.11. The molecule has 1 aromatic heterocycles.